The molecule has 1 saturated carbocycles. The molecule has 0 radical (unpaired) electrons. The number of ketones is 1. The first-order valence-electron chi connectivity index (χ1n) is 4.92. The molecule has 0 aromatic rings. The average Bonchev–Trinajstić information content (AvgIpc) is 2.81. The SMILES string of the molecule is CCCS(=O)(=O)CCC(=O)C1(N)CC1. The summed E-state index contributed by atoms with van der Waals surface area (Å²) < 4.78 is 22.6. The number of rotatable bonds is 6. The van der Waals surface area contributed by atoms with Gasteiger partial charge in [0.15, 0.2) is 15.6 Å². The first kappa shape index (κ1) is 11.7. The molecule has 0 heterocycles. The second-order valence-electron chi connectivity index (χ2n) is 3.98. The second-order valence-corrected chi connectivity index (χ2v) is 6.28. The molecule has 0 bridgehead atoms. The molecule has 1 aliphatic carbocycles. The maximum Gasteiger partial charge on any atom is 0.153 e. The van der Waals surface area contributed by atoms with E-state index in [0.29, 0.717) is 19.3 Å². The lowest BCUT2D eigenvalue weighted by Crippen LogP contribution is -2.34. The van der Waals surface area contributed by atoms with E-state index in [4.69, 9.17) is 5.73 Å². The van der Waals surface area contributed by atoms with Gasteiger partial charge in [0, 0.05) is 12.2 Å². The standard InChI is InChI=1S/C9H17NO3S/c1-2-6-14(12,13)7-3-8(11)9(10)4-5-9/h2-7,10H2,1H3. The molecular weight excluding hydrogens is 202 g/mol. The van der Waals surface area contributed by atoms with Gasteiger partial charge in [-0.25, -0.2) is 8.42 Å². The lowest BCUT2D eigenvalue weighted by atomic mass is 10.1. The minimum atomic E-state index is -3.04. The quantitative estimate of drug-likeness (QED) is 0.695. The fraction of sp³-hybridized carbons (Fsp3) is 0.889. The molecule has 0 aromatic heterocycles. The Morgan fingerprint density at radius 2 is 1.93 bits per heavy atom. The van der Waals surface area contributed by atoms with Crippen molar-refractivity contribution in [2.45, 2.75) is 38.1 Å². The number of nitrogens with two attached hydrogens (primary N) is 1. The Bertz CT molecular complexity index is 317. The van der Waals surface area contributed by atoms with Gasteiger partial charge in [-0.3, -0.25) is 4.79 Å². The molecule has 0 spiro atoms. The zero-order chi connectivity index (χ0) is 10.8. The summed E-state index contributed by atoms with van der Waals surface area (Å²) in [5, 5.41) is 0. The molecule has 1 aliphatic rings. The van der Waals surface area contributed by atoms with E-state index in [9.17, 15) is 13.2 Å². The van der Waals surface area contributed by atoms with Gasteiger partial charge < -0.3 is 5.73 Å². The van der Waals surface area contributed by atoms with Crippen molar-refractivity contribution in [2.24, 2.45) is 5.73 Å². The van der Waals surface area contributed by atoms with E-state index in [2.05, 4.69) is 0 Å². The third-order valence-electron chi connectivity index (χ3n) is 2.50. The minimum absolute atomic E-state index is 0.0430. The third-order valence-corrected chi connectivity index (χ3v) is 4.36. The van der Waals surface area contributed by atoms with Crippen LogP contribution in [0, 0.1) is 0 Å². The fourth-order valence-electron chi connectivity index (χ4n) is 1.32. The van der Waals surface area contributed by atoms with Crippen LogP contribution in [-0.4, -0.2) is 31.2 Å². The highest BCUT2D eigenvalue weighted by molar-refractivity contribution is 7.91. The highest BCUT2D eigenvalue weighted by Gasteiger charge is 2.45. The van der Waals surface area contributed by atoms with Crippen molar-refractivity contribution in [1.29, 1.82) is 0 Å². The van der Waals surface area contributed by atoms with E-state index < -0.39 is 15.4 Å². The van der Waals surface area contributed by atoms with Crippen LogP contribution >= 0.6 is 0 Å². The van der Waals surface area contributed by atoms with E-state index in [1.165, 1.54) is 0 Å². The van der Waals surface area contributed by atoms with Crippen LogP contribution in [0.3, 0.4) is 0 Å². The van der Waals surface area contributed by atoms with Gasteiger partial charge >= 0.3 is 0 Å². The Morgan fingerprint density at radius 3 is 2.36 bits per heavy atom. The average molecular weight is 219 g/mol. The Labute approximate surface area is 84.8 Å². The summed E-state index contributed by atoms with van der Waals surface area (Å²) in [5.41, 5.74) is 4.97. The summed E-state index contributed by atoms with van der Waals surface area (Å²) in [7, 11) is -3.04. The van der Waals surface area contributed by atoms with E-state index in [0.717, 1.165) is 0 Å². The summed E-state index contributed by atoms with van der Waals surface area (Å²) in [6.07, 6.45) is 2.10. The van der Waals surface area contributed by atoms with Gasteiger partial charge in [0.05, 0.1) is 11.3 Å². The number of carbonyl (C=O) groups is 1. The van der Waals surface area contributed by atoms with Gasteiger partial charge in [0.1, 0.15) is 0 Å². The molecule has 0 unspecified atom stereocenters. The van der Waals surface area contributed by atoms with E-state index in [1.807, 2.05) is 6.92 Å². The molecule has 2 N–H and O–H groups in total. The van der Waals surface area contributed by atoms with Crippen LogP contribution in [0.2, 0.25) is 0 Å². The van der Waals surface area contributed by atoms with Crippen molar-refractivity contribution in [3.05, 3.63) is 0 Å². The lowest BCUT2D eigenvalue weighted by Gasteiger charge is -2.07. The third kappa shape index (κ3) is 3.06. The number of carbonyl (C=O) groups excluding carboxylic acids is 1. The minimum Gasteiger partial charge on any atom is -0.319 e. The monoisotopic (exact) mass is 219 g/mol. The Hall–Kier alpha value is -0.420. The molecule has 82 valence electrons. The number of sulfone groups is 1. The van der Waals surface area contributed by atoms with Crippen molar-refractivity contribution >= 4 is 15.6 Å². The molecule has 14 heavy (non-hydrogen) atoms. The van der Waals surface area contributed by atoms with Crippen molar-refractivity contribution in [3.8, 4) is 0 Å². The van der Waals surface area contributed by atoms with Crippen LogP contribution in [0.5, 0.6) is 0 Å². The summed E-state index contributed by atoms with van der Waals surface area (Å²) in [6.45, 7) is 1.81. The van der Waals surface area contributed by atoms with E-state index >= 15 is 0 Å². The van der Waals surface area contributed by atoms with Gasteiger partial charge in [0.2, 0.25) is 0 Å². The van der Waals surface area contributed by atoms with Gasteiger partial charge in [-0.15, -0.1) is 0 Å². The Morgan fingerprint density at radius 1 is 1.36 bits per heavy atom. The largest absolute Gasteiger partial charge is 0.319 e. The van der Waals surface area contributed by atoms with Gasteiger partial charge in [0.25, 0.3) is 0 Å². The summed E-state index contributed by atoms with van der Waals surface area (Å²) >= 11 is 0. The smallest absolute Gasteiger partial charge is 0.153 e. The molecule has 0 amide bonds. The molecule has 0 aromatic carbocycles. The first-order chi connectivity index (χ1) is 6.40. The molecule has 1 fully saturated rings. The van der Waals surface area contributed by atoms with Gasteiger partial charge in [-0.05, 0) is 19.3 Å². The highest BCUT2D eigenvalue weighted by Crippen LogP contribution is 2.34. The van der Waals surface area contributed by atoms with Crippen LogP contribution in [0.1, 0.15) is 32.6 Å². The normalized spacial score (nSPS) is 19.3. The highest BCUT2D eigenvalue weighted by atomic mass is 32.2. The van der Waals surface area contributed by atoms with Crippen LogP contribution in [-0.2, 0) is 14.6 Å². The van der Waals surface area contributed by atoms with Gasteiger partial charge in [-0.1, -0.05) is 6.92 Å². The molecule has 0 aliphatic heterocycles. The van der Waals surface area contributed by atoms with Crippen LogP contribution in [0.4, 0.5) is 0 Å². The maximum atomic E-state index is 11.4. The van der Waals surface area contributed by atoms with Crippen molar-refractivity contribution in [1.82, 2.24) is 0 Å². The van der Waals surface area contributed by atoms with E-state index in [-0.39, 0.29) is 23.7 Å². The molecular formula is C9H17NO3S. The predicted molar refractivity (Wildman–Crippen MR) is 54.7 cm³/mol. The second kappa shape index (κ2) is 3.98. The molecule has 5 heteroatoms. The summed E-state index contributed by atoms with van der Waals surface area (Å²) in [6, 6.07) is 0. The first-order valence-corrected chi connectivity index (χ1v) is 6.74. The molecule has 0 atom stereocenters. The van der Waals surface area contributed by atoms with E-state index in [1.54, 1.807) is 0 Å². The topological polar surface area (TPSA) is 77.2 Å². The maximum absolute atomic E-state index is 11.4. The fourth-order valence-corrected chi connectivity index (χ4v) is 2.65. The Kier molecular flexibility index (Phi) is 3.32. The van der Waals surface area contributed by atoms with Crippen molar-refractivity contribution in [3.63, 3.8) is 0 Å². The predicted octanol–water partition coefficient (Wildman–Crippen LogP) is 0.262. The van der Waals surface area contributed by atoms with Crippen LogP contribution < -0.4 is 5.73 Å². The molecule has 1 rings (SSSR count). The molecule has 4 nitrogen and oxygen atoms in total. The Balaban J connectivity index is 2.37. The number of Topliss-reactive ketones (excluding diaryl/α,β-unsaturated/α-hetero) is 1. The lowest BCUT2D eigenvalue weighted by molar-refractivity contribution is -0.120. The van der Waals surface area contributed by atoms with Gasteiger partial charge in [-0.2, -0.15) is 0 Å². The number of hydrogen-bond acceptors (Lipinski definition) is 4. The van der Waals surface area contributed by atoms with Crippen molar-refractivity contribution < 1.29 is 13.2 Å². The molecule has 0 saturated heterocycles. The summed E-state index contributed by atoms with van der Waals surface area (Å²) in [5.74, 6) is 0.0217. The van der Waals surface area contributed by atoms with Crippen LogP contribution in [0.15, 0.2) is 0 Å². The zero-order valence-electron chi connectivity index (χ0n) is 8.45. The number of hydrogen-bond donors (Lipinski definition) is 1. The summed E-state index contributed by atoms with van der Waals surface area (Å²) in [4.78, 5) is 11.4. The van der Waals surface area contributed by atoms with Crippen molar-refractivity contribution in [2.75, 3.05) is 11.5 Å². The zero-order valence-corrected chi connectivity index (χ0v) is 9.27. The van der Waals surface area contributed by atoms with Crippen LogP contribution in [0.25, 0.3) is 0 Å².